The molecule has 0 aromatic heterocycles. The SMILES string of the molecule is CC1=C2CC[C@@H]3C(O[Si](C)(C)C(C)(C)C)C[C@H](C1=O)[C@H]23. The Morgan fingerprint density at radius 1 is 1.25 bits per heavy atom. The second-order valence-corrected chi connectivity index (χ2v) is 13.3. The highest BCUT2D eigenvalue weighted by atomic mass is 28.4. The summed E-state index contributed by atoms with van der Waals surface area (Å²) < 4.78 is 6.68. The van der Waals surface area contributed by atoms with Crippen molar-refractivity contribution in [1.82, 2.24) is 0 Å². The van der Waals surface area contributed by atoms with Crippen molar-refractivity contribution in [3.63, 3.8) is 0 Å². The van der Waals surface area contributed by atoms with Crippen molar-refractivity contribution in [3.8, 4) is 0 Å². The summed E-state index contributed by atoms with van der Waals surface area (Å²) >= 11 is 0. The Balaban J connectivity index is 1.82. The van der Waals surface area contributed by atoms with Crippen LogP contribution in [0.4, 0.5) is 0 Å². The van der Waals surface area contributed by atoms with Gasteiger partial charge in [0.1, 0.15) is 0 Å². The maximum absolute atomic E-state index is 12.4. The van der Waals surface area contributed by atoms with Gasteiger partial charge in [0.15, 0.2) is 14.1 Å². The van der Waals surface area contributed by atoms with E-state index >= 15 is 0 Å². The Hall–Kier alpha value is -0.413. The van der Waals surface area contributed by atoms with Gasteiger partial charge in [0.25, 0.3) is 0 Å². The lowest BCUT2D eigenvalue weighted by Gasteiger charge is -2.39. The molecule has 3 aliphatic carbocycles. The number of rotatable bonds is 2. The molecule has 0 spiro atoms. The third-order valence-electron chi connectivity index (χ3n) is 6.45. The molecule has 2 saturated carbocycles. The molecule has 0 saturated heterocycles. The fourth-order valence-corrected chi connectivity index (χ4v) is 5.67. The van der Waals surface area contributed by atoms with Gasteiger partial charge in [-0.25, -0.2) is 0 Å². The van der Waals surface area contributed by atoms with E-state index in [0.29, 0.717) is 23.7 Å². The van der Waals surface area contributed by atoms with Gasteiger partial charge in [0, 0.05) is 12.0 Å². The van der Waals surface area contributed by atoms with E-state index in [-0.39, 0.29) is 11.0 Å². The molecule has 0 N–H and O–H groups in total. The van der Waals surface area contributed by atoms with Crippen molar-refractivity contribution < 1.29 is 9.22 Å². The largest absolute Gasteiger partial charge is 0.414 e. The lowest BCUT2D eigenvalue weighted by Crippen LogP contribution is -2.44. The maximum Gasteiger partial charge on any atom is 0.192 e. The molecule has 0 aliphatic heterocycles. The summed E-state index contributed by atoms with van der Waals surface area (Å²) in [7, 11) is -1.72. The standard InChI is InChI=1S/C17H28O2Si/c1-10-11-7-8-12-14(9-13(15(11)12)16(10)18)19-20(5,6)17(2,3)4/h12-15H,7-9H2,1-6H3/t12-,13+,14?,15-/m1/s1. The summed E-state index contributed by atoms with van der Waals surface area (Å²) in [4.78, 5) is 12.4. The molecule has 2 nitrogen and oxygen atoms in total. The Bertz CT molecular complexity index is 484. The molecule has 0 bridgehead atoms. The Morgan fingerprint density at radius 3 is 2.50 bits per heavy atom. The fourth-order valence-electron chi connectivity index (χ4n) is 4.29. The first-order valence-electron chi connectivity index (χ1n) is 8.05. The topological polar surface area (TPSA) is 26.3 Å². The monoisotopic (exact) mass is 292 g/mol. The van der Waals surface area contributed by atoms with Gasteiger partial charge in [0.05, 0.1) is 0 Å². The van der Waals surface area contributed by atoms with Gasteiger partial charge in [-0.15, -0.1) is 0 Å². The molecule has 2 fully saturated rings. The summed E-state index contributed by atoms with van der Waals surface area (Å²) in [5.74, 6) is 1.84. The third kappa shape index (κ3) is 1.89. The van der Waals surface area contributed by atoms with Gasteiger partial charge in [0.2, 0.25) is 0 Å². The molecule has 1 unspecified atom stereocenters. The molecule has 20 heavy (non-hydrogen) atoms. The quantitative estimate of drug-likeness (QED) is 0.708. The Kier molecular flexibility index (Phi) is 3.12. The van der Waals surface area contributed by atoms with E-state index in [1.165, 1.54) is 12.0 Å². The first-order valence-corrected chi connectivity index (χ1v) is 11.0. The Morgan fingerprint density at radius 2 is 1.90 bits per heavy atom. The number of allylic oxidation sites excluding steroid dienone is 2. The van der Waals surface area contributed by atoms with Crippen molar-refractivity contribution in [1.29, 1.82) is 0 Å². The molecule has 3 rings (SSSR count). The van der Waals surface area contributed by atoms with Crippen molar-refractivity contribution >= 4 is 14.1 Å². The first kappa shape index (κ1) is 14.5. The van der Waals surface area contributed by atoms with E-state index in [1.54, 1.807) is 0 Å². The van der Waals surface area contributed by atoms with Crippen LogP contribution in [-0.2, 0) is 9.22 Å². The second kappa shape index (κ2) is 4.29. The van der Waals surface area contributed by atoms with Crippen molar-refractivity contribution in [2.45, 2.75) is 71.2 Å². The van der Waals surface area contributed by atoms with Crippen LogP contribution in [0.2, 0.25) is 18.1 Å². The minimum Gasteiger partial charge on any atom is -0.414 e. The predicted molar refractivity (Wildman–Crippen MR) is 84.1 cm³/mol. The zero-order valence-corrected chi connectivity index (χ0v) is 14.7. The highest BCUT2D eigenvalue weighted by Crippen LogP contribution is 2.58. The van der Waals surface area contributed by atoms with Crippen LogP contribution in [0, 0.1) is 17.8 Å². The third-order valence-corrected chi connectivity index (χ3v) is 11.0. The number of hydrogen-bond donors (Lipinski definition) is 0. The minimum absolute atomic E-state index is 0.252. The predicted octanol–water partition coefficient (Wildman–Crippen LogP) is 4.32. The van der Waals surface area contributed by atoms with Gasteiger partial charge in [-0.3, -0.25) is 4.79 Å². The summed E-state index contributed by atoms with van der Waals surface area (Å²) in [5.41, 5.74) is 2.57. The van der Waals surface area contributed by atoms with Gasteiger partial charge in [-0.05, 0) is 61.7 Å². The Labute approximate surface area is 124 Å². The molecule has 112 valence electrons. The lowest BCUT2D eigenvalue weighted by molar-refractivity contribution is -0.118. The van der Waals surface area contributed by atoms with Crippen LogP contribution in [-0.4, -0.2) is 20.2 Å². The van der Waals surface area contributed by atoms with Crippen LogP contribution in [0.1, 0.15) is 47.0 Å². The molecule has 3 heteroatoms. The maximum atomic E-state index is 12.4. The van der Waals surface area contributed by atoms with E-state index in [1.807, 2.05) is 6.92 Å². The minimum atomic E-state index is -1.72. The molecule has 0 aromatic carbocycles. The van der Waals surface area contributed by atoms with E-state index in [4.69, 9.17) is 4.43 Å². The van der Waals surface area contributed by atoms with Crippen LogP contribution in [0.5, 0.6) is 0 Å². The van der Waals surface area contributed by atoms with Crippen LogP contribution >= 0.6 is 0 Å². The van der Waals surface area contributed by atoms with Crippen molar-refractivity contribution in [3.05, 3.63) is 11.1 Å². The van der Waals surface area contributed by atoms with Crippen LogP contribution < -0.4 is 0 Å². The van der Waals surface area contributed by atoms with Crippen molar-refractivity contribution in [2.24, 2.45) is 17.8 Å². The van der Waals surface area contributed by atoms with Crippen LogP contribution in [0.3, 0.4) is 0 Å². The van der Waals surface area contributed by atoms with E-state index in [0.717, 1.165) is 18.4 Å². The molecule has 0 radical (unpaired) electrons. The molecule has 3 aliphatic rings. The number of ketones is 1. The molecule has 0 heterocycles. The normalized spacial score (nSPS) is 37.0. The first-order chi connectivity index (χ1) is 9.13. The second-order valence-electron chi connectivity index (χ2n) is 8.50. The summed E-state index contributed by atoms with van der Waals surface area (Å²) in [5, 5.41) is 0.252. The van der Waals surface area contributed by atoms with Gasteiger partial charge in [-0.2, -0.15) is 0 Å². The molecule has 4 atom stereocenters. The number of hydrogen-bond acceptors (Lipinski definition) is 2. The van der Waals surface area contributed by atoms with E-state index in [9.17, 15) is 4.79 Å². The lowest BCUT2D eigenvalue weighted by atomic mass is 9.93. The summed E-state index contributed by atoms with van der Waals surface area (Å²) in [6.45, 7) is 13.6. The number of carbonyl (C=O) groups excluding carboxylic acids is 1. The van der Waals surface area contributed by atoms with Gasteiger partial charge < -0.3 is 4.43 Å². The van der Waals surface area contributed by atoms with Crippen LogP contribution in [0.25, 0.3) is 0 Å². The smallest absolute Gasteiger partial charge is 0.192 e. The van der Waals surface area contributed by atoms with Gasteiger partial charge >= 0.3 is 0 Å². The number of Topliss-reactive ketones (excluding diaryl/α,β-unsaturated/α-hetero) is 1. The highest BCUT2D eigenvalue weighted by molar-refractivity contribution is 6.74. The van der Waals surface area contributed by atoms with E-state index < -0.39 is 8.32 Å². The van der Waals surface area contributed by atoms with E-state index in [2.05, 4.69) is 33.9 Å². The van der Waals surface area contributed by atoms with Crippen LogP contribution in [0.15, 0.2) is 11.1 Å². The molecule has 0 aromatic rings. The van der Waals surface area contributed by atoms with Crippen molar-refractivity contribution in [2.75, 3.05) is 0 Å². The zero-order chi connectivity index (χ0) is 14.9. The highest BCUT2D eigenvalue weighted by Gasteiger charge is 2.56. The summed E-state index contributed by atoms with van der Waals surface area (Å²) in [6.07, 6.45) is 3.68. The molecular formula is C17H28O2Si. The van der Waals surface area contributed by atoms with Gasteiger partial charge in [-0.1, -0.05) is 26.3 Å². The fraction of sp³-hybridized carbons (Fsp3) is 0.824. The average Bonchev–Trinajstić information content (AvgIpc) is 2.92. The molecule has 0 amide bonds. The summed E-state index contributed by atoms with van der Waals surface area (Å²) in [6, 6.07) is 0. The average molecular weight is 292 g/mol. The molecular weight excluding hydrogens is 264 g/mol. The number of carbonyl (C=O) groups is 1. The zero-order valence-electron chi connectivity index (χ0n) is 13.7.